The van der Waals surface area contributed by atoms with Gasteiger partial charge in [-0.15, -0.1) is 0 Å². The Morgan fingerprint density at radius 2 is 2.00 bits per heavy atom. The summed E-state index contributed by atoms with van der Waals surface area (Å²) in [7, 11) is 0. The van der Waals surface area contributed by atoms with Gasteiger partial charge in [-0.1, -0.05) is 45.8 Å². The minimum Gasteiger partial charge on any atom is -0.389 e. The molecule has 2 nitrogen and oxygen atoms in total. The lowest BCUT2D eigenvalue weighted by Crippen LogP contribution is -2.12. The topological polar surface area (TPSA) is 38.0 Å². The van der Waals surface area contributed by atoms with Crippen molar-refractivity contribution in [2.45, 2.75) is 6.92 Å². The molecule has 2 rings (SSSR count). The molecule has 0 amide bonds. The third-order valence-corrected chi connectivity index (χ3v) is 3.91. The first-order valence-corrected chi connectivity index (χ1v) is 7.18. The van der Waals surface area contributed by atoms with E-state index in [0.717, 1.165) is 32.0 Å². The molecule has 3 N–H and O–H groups in total. The monoisotopic (exact) mass is 354 g/mol. The van der Waals surface area contributed by atoms with Crippen LogP contribution in [0.4, 0.5) is 11.4 Å². The standard InChI is InChI=1S/C14H12BrClN2S/c1-8-11(16)3-2-4-12(8)18-13-6-5-9(15)7-10(13)14(17)19/h2-7,18H,1H3,(H2,17,19). The highest BCUT2D eigenvalue weighted by Gasteiger charge is 2.08. The lowest BCUT2D eigenvalue weighted by Gasteiger charge is -2.14. The van der Waals surface area contributed by atoms with Crippen molar-refractivity contribution >= 4 is 56.1 Å². The van der Waals surface area contributed by atoms with Gasteiger partial charge in [0.25, 0.3) is 0 Å². The molecule has 5 heteroatoms. The minimum atomic E-state index is 0.350. The van der Waals surface area contributed by atoms with Crippen molar-refractivity contribution in [1.82, 2.24) is 0 Å². The maximum atomic E-state index is 6.11. The molecular weight excluding hydrogens is 344 g/mol. The highest BCUT2D eigenvalue weighted by atomic mass is 79.9. The zero-order valence-electron chi connectivity index (χ0n) is 10.2. The number of thiocarbonyl (C=S) groups is 1. The molecule has 0 aliphatic rings. The van der Waals surface area contributed by atoms with E-state index in [-0.39, 0.29) is 0 Å². The van der Waals surface area contributed by atoms with E-state index in [1.54, 1.807) is 0 Å². The molecule has 0 radical (unpaired) electrons. The van der Waals surface area contributed by atoms with Crippen molar-refractivity contribution in [2.75, 3.05) is 5.32 Å². The second-order valence-corrected chi connectivity index (χ2v) is 5.85. The van der Waals surface area contributed by atoms with E-state index in [1.807, 2.05) is 43.3 Å². The molecule has 2 aromatic carbocycles. The zero-order chi connectivity index (χ0) is 14.0. The van der Waals surface area contributed by atoms with Crippen molar-refractivity contribution in [2.24, 2.45) is 5.73 Å². The summed E-state index contributed by atoms with van der Waals surface area (Å²) in [4.78, 5) is 0.350. The molecule has 2 aromatic rings. The van der Waals surface area contributed by atoms with Crippen LogP contribution in [0.3, 0.4) is 0 Å². The van der Waals surface area contributed by atoms with Gasteiger partial charge in [-0.25, -0.2) is 0 Å². The second-order valence-electron chi connectivity index (χ2n) is 4.09. The third-order valence-electron chi connectivity index (χ3n) is 2.78. The number of anilines is 2. The Hall–Kier alpha value is -1.10. The number of benzene rings is 2. The lowest BCUT2D eigenvalue weighted by atomic mass is 10.1. The van der Waals surface area contributed by atoms with E-state index in [1.165, 1.54) is 0 Å². The fourth-order valence-corrected chi connectivity index (χ4v) is 2.42. The normalized spacial score (nSPS) is 10.3. The van der Waals surface area contributed by atoms with Gasteiger partial charge in [-0.3, -0.25) is 0 Å². The van der Waals surface area contributed by atoms with Gasteiger partial charge in [-0.05, 0) is 42.8 Å². The Kier molecular flexibility index (Phi) is 4.45. The number of rotatable bonds is 3. The van der Waals surface area contributed by atoms with Crippen LogP contribution >= 0.6 is 39.7 Å². The molecule has 0 fully saturated rings. The quantitative estimate of drug-likeness (QED) is 0.778. The summed E-state index contributed by atoms with van der Waals surface area (Å²) in [5, 5.41) is 4.04. The van der Waals surface area contributed by atoms with Gasteiger partial charge in [0.05, 0.1) is 0 Å². The average molecular weight is 356 g/mol. The number of nitrogens with one attached hydrogen (secondary N) is 1. The number of hydrogen-bond donors (Lipinski definition) is 2. The minimum absolute atomic E-state index is 0.350. The molecule has 0 aromatic heterocycles. The van der Waals surface area contributed by atoms with Crippen LogP contribution in [0.5, 0.6) is 0 Å². The molecule has 0 saturated carbocycles. The van der Waals surface area contributed by atoms with E-state index in [0.29, 0.717) is 4.99 Å². The van der Waals surface area contributed by atoms with Gasteiger partial charge in [0, 0.05) is 26.4 Å². The van der Waals surface area contributed by atoms with E-state index in [4.69, 9.17) is 29.6 Å². The maximum absolute atomic E-state index is 6.11. The van der Waals surface area contributed by atoms with Crippen LogP contribution in [0.25, 0.3) is 0 Å². The molecule has 19 heavy (non-hydrogen) atoms. The Bertz CT molecular complexity index is 643. The SMILES string of the molecule is Cc1c(Cl)cccc1Nc1ccc(Br)cc1C(N)=S. The Morgan fingerprint density at radius 1 is 1.26 bits per heavy atom. The molecule has 0 spiro atoms. The third kappa shape index (κ3) is 3.26. The molecule has 0 heterocycles. The summed E-state index contributed by atoms with van der Waals surface area (Å²) in [5.74, 6) is 0. The van der Waals surface area contributed by atoms with Gasteiger partial charge in [0.2, 0.25) is 0 Å². The van der Waals surface area contributed by atoms with Crippen molar-refractivity contribution in [3.63, 3.8) is 0 Å². The highest BCUT2D eigenvalue weighted by molar-refractivity contribution is 9.10. The van der Waals surface area contributed by atoms with Crippen LogP contribution in [0.15, 0.2) is 40.9 Å². The maximum Gasteiger partial charge on any atom is 0.106 e. The predicted molar refractivity (Wildman–Crippen MR) is 89.5 cm³/mol. The molecule has 0 saturated heterocycles. The molecular formula is C14H12BrClN2S. The second kappa shape index (κ2) is 5.90. The van der Waals surface area contributed by atoms with Crippen molar-refractivity contribution < 1.29 is 0 Å². The van der Waals surface area contributed by atoms with E-state index >= 15 is 0 Å². The predicted octanol–water partition coefficient (Wildman–Crippen LogP) is 4.79. The van der Waals surface area contributed by atoms with Crippen LogP contribution < -0.4 is 11.1 Å². The Balaban J connectivity index is 2.44. The largest absolute Gasteiger partial charge is 0.389 e. The summed E-state index contributed by atoms with van der Waals surface area (Å²) < 4.78 is 0.934. The fourth-order valence-electron chi connectivity index (χ4n) is 1.72. The lowest BCUT2D eigenvalue weighted by molar-refractivity contribution is 1.42. The smallest absolute Gasteiger partial charge is 0.106 e. The van der Waals surface area contributed by atoms with Crippen LogP contribution in [0.2, 0.25) is 5.02 Å². The summed E-state index contributed by atoms with van der Waals surface area (Å²) in [5.41, 5.74) is 9.33. The summed E-state index contributed by atoms with van der Waals surface area (Å²) in [6, 6.07) is 11.5. The molecule has 0 unspecified atom stereocenters. The van der Waals surface area contributed by atoms with Crippen LogP contribution in [0.1, 0.15) is 11.1 Å². The molecule has 0 bridgehead atoms. The average Bonchev–Trinajstić information content (AvgIpc) is 2.36. The highest BCUT2D eigenvalue weighted by Crippen LogP contribution is 2.29. The molecule has 0 atom stereocenters. The van der Waals surface area contributed by atoms with Gasteiger partial charge >= 0.3 is 0 Å². The molecule has 0 aliphatic heterocycles. The zero-order valence-corrected chi connectivity index (χ0v) is 13.4. The first-order valence-electron chi connectivity index (χ1n) is 5.60. The Morgan fingerprint density at radius 3 is 2.68 bits per heavy atom. The Labute approximate surface area is 131 Å². The number of halogens is 2. The van der Waals surface area contributed by atoms with Gasteiger partial charge in [0.15, 0.2) is 0 Å². The summed E-state index contributed by atoms with van der Waals surface area (Å²) in [6.45, 7) is 1.96. The fraction of sp³-hybridized carbons (Fsp3) is 0.0714. The number of nitrogens with two attached hydrogens (primary N) is 1. The molecule has 0 aliphatic carbocycles. The summed E-state index contributed by atoms with van der Waals surface area (Å²) in [6.07, 6.45) is 0. The van der Waals surface area contributed by atoms with E-state index in [9.17, 15) is 0 Å². The van der Waals surface area contributed by atoms with Crippen LogP contribution in [-0.4, -0.2) is 4.99 Å². The van der Waals surface area contributed by atoms with Crippen molar-refractivity contribution in [3.05, 3.63) is 57.0 Å². The number of hydrogen-bond acceptors (Lipinski definition) is 2. The molecule has 98 valence electrons. The van der Waals surface area contributed by atoms with Gasteiger partial charge < -0.3 is 11.1 Å². The first-order chi connectivity index (χ1) is 8.99. The van der Waals surface area contributed by atoms with Crippen molar-refractivity contribution in [3.8, 4) is 0 Å². The van der Waals surface area contributed by atoms with E-state index in [2.05, 4.69) is 21.2 Å². The van der Waals surface area contributed by atoms with Gasteiger partial charge in [0.1, 0.15) is 4.99 Å². The van der Waals surface area contributed by atoms with Crippen molar-refractivity contribution in [1.29, 1.82) is 0 Å². The first kappa shape index (κ1) is 14.3. The van der Waals surface area contributed by atoms with E-state index < -0.39 is 0 Å². The summed E-state index contributed by atoms with van der Waals surface area (Å²) >= 11 is 14.6. The van der Waals surface area contributed by atoms with Crippen LogP contribution in [0, 0.1) is 6.92 Å². The van der Waals surface area contributed by atoms with Crippen LogP contribution in [-0.2, 0) is 0 Å². The van der Waals surface area contributed by atoms with Gasteiger partial charge in [-0.2, -0.15) is 0 Å².